The molecule has 0 saturated carbocycles. The Hall–Kier alpha value is -0.820. The first-order valence-corrected chi connectivity index (χ1v) is 4.98. The lowest BCUT2D eigenvalue weighted by atomic mass is 10.00. The van der Waals surface area contributed by atoms with Gasteiger partial charge >= 0.3 is 0 Å². The van der Waals surface area contributed by atoms with Crippen molar-refractivity contribution in [1.82, 2.24) is 0 Å². The molecule has 13 heavy (non-hydrogen) atoms. The lowest BCUT2D eigenvalue weighted by molar-refractivity contribution is 0.530. The molecule has 0 aromatic rings. The molecule has 1 unspecified atom stereocenters. The van der Waals surface area contributed by atoms with E-state index >= 15 is 0 Å². The van der Waals surface area contributed by atoms with Crippen LogP contribution in [0.4, 0.5) is 0 Å². The van der Waals surface area contributed by atoms with Crippen LogP contribution >= 0.6 is 0 Å². The van der Waals surface area contributed by atoms with Gasteiger partial charge in [-0.1, -0.05) is 37.8 Å². The summed E-state index contributed by atoms with van der Waals surface area (Å²) < 4.78 is 0. The second-order valence-electron chi connectivity index (χ2n) is 3.82. The molecule has 0 bridgehead atoms. The fraction of sp³-hybridized carbons (Fsp3) is 0.500. The lowest BCUT2D eigenvalue weighted by Crippen LogP contribution is -2.19. The molecular formula is C12H19N. The zero-order valence-corrected chi connectivity index (χ0v) is 8.37. The van der Waals surface area contributed by atoms with E-state index < -0.39 is 0 Å². The first-order valence-electron chi connectivity index (χ1n) is 4.98. The predicted octanol–water partition coefficient (Wildman–Crippen LogP) is 2.80. The van der Waals surface area contributed by atoms with Crippen LogP contribution in [0.3, 0.4) is 0 Å². The Labute approximate surface area is 81.0 Å². The molecule has 72 valence electrons. The molecule has 0 radical (unpaired) electrons. The Morgan fingerprint density at radius 1 is 1.54 bits per heavy atom. The Morgan fingerprint density at radius 2 is 2.31 bits per heavy atom. The van der Waals surface area contributed by atoms with Gasteiger partial charge in [-0.25, -0.2) is 0 Å². The summed E-state index contributed by atoms with van der Waals surface area (Å²) in [6, 6.07) is 0.330. The minimum atomic E-state index is 0.330. The second kappa shape index (κ2) is 5.03. The summed E-state index contributed by atoms with van der Waals surface area (Å²) in [5.41, 5.74) is 7.15. The van der Waals surface area contributed by atoms with Gasteiger partial charge in [0.15, 0.2) is 0 Å². The van der Waals surface area contributed by atoms with E-state index in [1.165, 1.54) is 12.0 Å². The van der Waals surface area contributed by atoms with Crippen LogP contribution in [0.15, 0.2) is 36.5 Å². The van der Waals surface area contributed by atoms with Gasteiger partial charge in [0.2, 0.25) is 0 Å². The van der Waals surface area contributed by atoms with E-state index in [1.54, 1.807) is 0 Å². The molecule has 1 heteroatoms. The van der Waals surface area contributed by atoms with Gasteiger partial charge in [-0.2, -0.15) is 0 Å². The van der Waals surface area contributed by atoms with E-state index in [0.29, 0.717) is 12.0 Å². The van der Waals surface area contributed by atoms with Gasteiger partial charge in [0, 0.05) is 6.04 Å². The quantitative estimate of drug-likeness (QED) is 0.655. The van der Waals surface area contributed by atoms with Gasteiger partial charge in [-0.15, -0.1) is 0 Å². The highest BCUT2D eigenvalue weighted by atomic mass is 14.6. The summed E-state index contributed by atoms with van der Waals surface area (Å²) in [4.78, 5) is 0. The maximum Gasteiger partial charge on any atom is 0.00737 e. The lowest BCUT2D eigenvalue weighted by Gasteiger charge is -2.10. The van der Waals surface area contributed by atoms with Crippen molar-refractivity contribution in [3.05, 3.63) is 36.5 Å². The Kier molecular flexibility index (Phi) is 3.97. The number of allylic oxidation sites excluding steroid dienone is 4. The highest BCUT2D eigenvalue weighted by Crippen LogP contribution is 2.16. The summed E-state index contributed by atoms with van der Waals surface area (Å²) in [5.74, 6) is 0.613. The fourth-order valence-corrected chi connectivity index (χ4v) is 1.58. The van der Waals surface area contributed by atoms with E-state index in [0.717, 1.165) is 12.8 Å². The van der Waals surface area contributed by atoms with E-state index in [2.05, 4.69) is 31.7 Å². The topological polar surface area (TPSA) is 26.0 Å². The average molecular weight is 177 g/mol. The van der Waals surface area contributed by atoms with Crippen LogP contribution in [0.25, 0.3) is 0 Å². The van der Waals surface area contributed by atoms with Crippen LogP contribution in [-0.4, -0.2) is 6.04 Å². The molecule has 0 saturated heterocycles. The summed E-state index contributed by atoms with van der Waals surface area (Å²) >= 11 is 0. The minimum absolute atomic E-state index is 0.330. The highest BCUT2D eigenvalue weighted by molar-refractivity contribution is 5.29. The van der Waals surface area contributed by atoms with Crippen LogP contribution in [0.1, 0.15) is 26.2 Å². The summed E-state index contributed by atoms with van der Waals surface area (Å²) in [6.45, 7) is 6.02. The van der Waals surface area contributed by atoms with Crippen molar-refractivity contribution in [3.63, 3.8) is 0 Å². The zero-order valence-electron chi connectivity index (χ0n) is 8.37. The highest BCUT2D eigenvalue weighted by Gasteiger charge is 2.06. The Balaban J connectivity index is 2.71. The van der Waals surface area contributed by atoms with Crippen LogP contribution in [0.2, 0.25) is 0 Å². The van der Waals surface area contributed by atoms with Crippen molar-refractivity contribution in [2.45, 2.75) is 32.2 Å². The number of hydrogen-bond donors (Lipinski definition) is 1. The van der Waals surface area contributed by atoms with Crippen LogP contribution in [-0.2, 0) is 0 Å². The summed E-state index contributed by atoms with van der Waals surface area (Å²) in [5, 5.41) is 0. The second-order valence-corrected chi connectivity index (χ2v) is 3.82. The third-order valence-corrected chi connectivity index (χ3v) is 2.45. The molecule has 0 aromatic heterocycles. The van der Waals surface area contributed by atoms with E-state index in [1.807, 2.05) is 6.08 Å². The van der Waals surface area contributed by atoms with E-state index in [4.69, 9.17) is 5.73 Å². The fourth-order valence-electron chi connectivity index (χ4n) is 1.58. The van der Waals surface area contributed by atoms with E-state index in [-0.39, 0.29) is 0 Å². The largest absolute Gasteiger partial charge is 0.327 e. The number of nitrogens with two attached hydrogens (primary N) is 1. The molecule has 0 fully saturated rings. The zero-order chi connectivity index (χ0) is 9.68. The van der Waals surface area contributed by atoms with Crippen LogP contribution < -0.4 is 5.73 Å². The van der Waals surface area contributed by atoms with Crippen molar-refractivity contribution in [3.8, 4) is 0 Å². The molecule has 0 aliphatic heterocycles. The maximum atomic E-state index is 5.92. The first kappa shape index (κ1) is 10.3. The normalized spacial score (nSPS) is 36.3. The van der Waals surface area contributed by atoms with E-state index in [9.17, 15) is 0 Å². The molecule has 1 rings (SSSR count). The van der Waals surface area contributed by atoms with Gasteiger partial charge in [0.1, 0.15) is 0 Å². The van der Waals surface area contributed by atoms with Gasteiger partial charge in [-0.3, -0.25) is 0 Å². The Morgan fingerprint density at radius 3 is 3.00 bits per heavy atom. The number of rotatable bonds is 1. The summed E-state index contributed by atoms with van der Waals surface area (Å²) in [6.07, 6.45) is 11.7. The molecular weight excluding hydrogens is 158 g/mol. The van der Waals surface area contributed by atoms with Crippen molar-refractivity contribution in [2.75, 3.05) is 0 Å². The molecule has 1 nitrogen and oxygen atoms in total. The smallest absolute Gasteiger partial charge is 0.00737 e. The molecule has 2 atom stereocenters. The molecule has 0 heterocycles. The van der Waals surface area contributed by atoms with Crippen molar-refractivity contribution in [2.24, 2.45) is 11.7 Å². The predicted molar refractivity (Wildman–Crippen MR) is 58.4 cm³/mol. The molecule has 2 N–H and O–H groups in total. The SMILES string of the molecule is C=CC1=C/C(C)CC[C@H](N)C/C=C\1. The van der Waals surface area contributed by atoms with Gasteiger partial charge in [0.05, 0.1) is 0 Å². The molecule has 0 spiro atoms. The molecule has 0 amide bonds. The van der Waals surface area contributed by atoms with Crippen molar-refractivity contribution >= 4 is 0 Å². The van der Waals surface area contributed by atoms with Gasteiger partial charge in [-0.05, 0) is 30.8 Å². The molecule has 0 aromatic carbocycles. The summed E-state index contributed by atoms with van der Waals surface area (Å²) in [7, 11) is 0. The van der Waals surface area contributed by atoms with Crippen LogP contribution in [0, 0.1) is 5.92 Å². The standard InChI is InChI=1S/C12H19N/c1-3-11-5-4-6-12(13)8-7-10(2)9-11/h3-5,9-10,12H,1,6-8,13H2,2H3/b5-4-,11-9-/t10?,12-/m1/s1. The van der Waals surface area contributed by atoms with Gasteiger partial charge in [0.25, 0.3) is 0 Å². The number of hydrogen-bond acceptors (Lipinski definition) is 1. The average Bonchev–Trinajstić information content (AvgIpc) is 2.19. The monoisotopic (exact) mass is 177 g/mol. The van der Waals surface area contributed by atoms with Crippen molar-refractivity contribution in [1.29, 1.82) is 0 Å². The molecule has 1 aliphatic rings. The third kappa shape index (κ3) is 3.60. The minimum Gasteiger partial charge on any atom is -0.327 e. The maximum absolute atomic E-state index is 5.92. The van der Waals surface area contributed by atoms with Crippen molar-refractivity contribution < 1.29 is 0 Å². The van der Waals surface area contributed by atoms with Crippen LogP contribution in [0.5, 0.6) is 0 Å². The van der Waals surface area contributed by atoms with Gasteiger partial charge < -0.3 is 5.73 Å². The molecule has 1 aliphatic carbocycles. The third-order valence-electron chi connectivity index (χ3n) is 2.45. The Bertz CT molecular complexity index is 225. The first-order chi connectivity index (χ1) is 6.22.